The van der Waals surface area contributed by atoms with Gasteiger partial charge in [0.15, 0.2) is 0 Å². The van der Waals surface area contributed by atoms with Gasteiger partial charge in [0.05, 0.1) is 0 Å². The summed E-state index contributed by atoms with van der Waals surface area (Å²) >= 11 is 1.75. The third-order valence-corrected chi connectivity index (χ3v) is 4.93. The smallest absolute Gasteiger partial charge is 0.107 e. The van der Waals surface area contributed by atoms with Crippen LogP contribution in [0.5, 0.6) is 0 Å². The molecule has 1 atom stereocenters. The fourth-order valence-electron chi connectivity index (χ4n) is 2.92. The average molecular weight is 301 g/mol. The van der Waals surface area contributed by atoms with Gasteiger partial charge in [-0.15, -0.1) is 11.3 Å². The molecule has 0 aliphatic carbocycles. The van der Waals surface area contributed by atoms with E-state index in [2.05, 4.69) is 57.8 Å². The van der Waals surface area contributed by atoms with Crippen LogP contribution in [0.1, 0.15) is 29.1 Å². The van der Waals surface area contributed by atoms with Crippen LogP contribution in [0.3, 0.4) is 0 Å². The Morgan fingerprint density at radius 1 is 1.33 bits per heavy atom. The average Bonchev–Trinajstić information content (AvgIpc) is 2.92. The lowest BCUT2D eigenvalue weighted by Crippen LogP contribution is -2.44. The molecule has 1 saturated heterocycles. The predicted octanol–water partition coefficient (Wildman–Crippen LogP) is 3.21. The summed E-state index contributed by atoms with van der Waals surface area (Å²) in [5, 5.41) is 7.00. The van der Waals surface area contributed by atoms with Gasteiger partial charge in [0.2, 0.25) is 0 Å². The van der Waals surface area contributed by atoms with Gasteiger partial charge in [-0.05, 0) is 31.9 Å². The van der Waals surface area contributed by atoms with Crippen molar-refractivity contribution in [3.63, 3.8) is 0 Å². The van der Waals surface area contributed by atoms with Gasteiger partial charge in [0.1, 0.15) is 5.01 Å². The summed E-state index contributed by atoms with van der Waals surface area (Å²) in [6.07, 6.45) is 2.55. The topological polar surface area (TPSA) is 28.2 Å². The van der Waals surface area contributed by atoms with Gasteiger partial charge in [0.25, 0.3) is 0 Å². The van der Waals surface area contributed by atoms with Crippen LogP contribution in [0.4, 0.5) is 0 Å². The Kier molecular flexibility index (Phi) is 5.01. The Morgan fingerprint density at radius 2 is 2.19 bits per heavy atom. The van der Waals surface area contributed by atoms with Gasteiger partial charge in [-0.25, -0.2) is 4.98 Å². The first-order valence-electron chi connectivity index (χ1n) is 7.70. The number of benzene rings is 1. The lowest BCUT2D eigenvalue weighted by atomic mass is 10.0. The molecule has 1 aromatic carbocycles. The Morgan fingerprint density at radius 3 is 2.95 bits per heavy atom. The van der Waals surface area contributed by atoms with Crippen molar-refractivity contribution < 1.29 is 0 Å². The minimum atomic E-state index is 0.590. The van der Waals surface area contributed by atoms with Crippen molar-refractivity contribution in [3.8, 4) is 0 Å². The molecule has 3 rings (SSSR count). The molecule has 112 valence electrons. The highest BCUT2D eigenvalue weighted by Crippen LogP contribution is 2.15. The van der Waals surface area contributed by atoms with Crippen molar-refractivity contribution in [2.45, 2.75) is 38.9 Å². The fraction of sp³-hybridized carbons (Fsp3) is 0.471. The molecule has 0 radical (unpaired) electrons. The summed E-state index contributed by atoms with van der Waals surface area (Å²) in [5.74, 6) is 0. The van der Waals surface area contributed by atoms with E-state index >= 15 is 0 Å². The minimum Gasteiger partial charge on any atom is -0.306 e. The molecule has 1 unspecified atom stereocenters. The molecule has 1 aromatic heterocycles. The maximum atomic E-state index is 4.52. The summed E-state index contributed by atoms with van der Waals surface area (Å²) in [4.78, 5) is 7.08. The van der Waals surface area contributed by atoms with Crippen LogP contribution < -0.4 is 5.32 Å². The summed E-state index contributed by atoms with van der Waals surface area (Å²) < 4.78 is 0. The highest BCUT2D eigenvalue weighted by Gasteiger charge is 2.19. The summed E-state index contributed by atoms with van der Waals surface area (Å²) in [6, 6.07) is 11.4. The number of hydrogen-bond donors (Lipinski definition) is 1. The van der Waals surface area contributed by atoms with Crippen molar-refractivity contribution in [3.05, 3.63) is 52.0 Å². The third kappa shape index (κ3) is 4.37. The first-order chi connectivity index (χ1) is 10.3. The molecule has 0 spiro atoms. The quantitative estimate of drug-likeness (QED) is 0.919. The van der Waals surface area contributed by atoms with Crippen molar-refractivity contribution in [2.24, 2.45) is 0 Å². The molecular weight excluding hydrogens is 278 g/mol. The zero-order valence-electron chi connectivity index (χ0n) is 12.6. The molecule has 2 heterocycles. The molecule has 21 heavy (non-hydrogen) atoms. The van der Waals surface area contributed by atoms with Gasteiger partial charge >= 0.3 is 0 Å². The SMILES string of the molecule is Cc1csc(CNC2CCCN(Cc3ccccc3)C2)n1. The lowest BCUT2D eigenvalue weighted by molar-refractivity contribution is 0.182. The molecule has 1 N–H and O–H groups in total. The van der Waals surface area contributed by atoms with E-state index in [9.17, 15) is 0 Å². The number of nitrogens with zero attached hydrogens (tertiary/aromatic N) is 2. The van der Waals surface area contributed by atoms with E-state index in [-0.39, 0.29) is 0 Å². The lowest BCUT2D eigenvalue weighted by Gasteiger charge is -2.33. The zero-order valence-corrected chi connectivity index (χ0v) is 13.4. The second-order valence-electron chi connectivity index (χ2n) is 5.82. The molecule has 4 heteroatoms. The molecule has 1 aliphatic rings. The van der Waals surface area contributed by atoms with Crippen LogP contribution in [-0.2, 0) is 13.1 Å². The second kappa shape index (κ2) is 7.16. The normalized spacial score (nSPS) is 19.8. The second-order valence-corrected chi connectivity index (χ2v) is 6.77. The van der Waals surface area contributed by atoms with Crippen LogP contribution in [0.25, 0.3) is 0 Å². The summed E-state index contributed by atoms with van der Waals surface area (Å²) in [6.45, 7) is 6.38. The number of hydrogen-bond acceptors (Lipinski definition) is 4. The third-order valence-electron chi connectivity index (χ3n) is 3.96. The Bertz CT molecular complexity index is 552. The van der Waals surface area contributed by atoms with Gasteiger partial charge in [-0.3, -0.25) is 4.90 Å². The van der Waals surface area contributed by atoms with Crippen molar-refractivity contribution in [1.29, 1.82) is 0 Å². The largest absolute Gasteiger partial charge is 0.306 e. The van der Waals surface area contributed by atoms with Crippen molar-refractivity contribution in [1.82, 2.24) is 15.2 Å². The highest BCUT2D eigenvalue weighted by molar-refractivity contribution is 7.09. The molecule has 0 saturated carbocycles. The van der Waals surface area contributed by atoms with E-state index in [1.807, 2.05) is 0 Å². The maximum Gasteiger partial charge on any atom is 0.107 e. The first kappa shape index (κ1) is 14.7. The number of rotatable bonds is 5. The van der Waals surface area contributed by atoms with Crippen LogP contribution in [0, 0.1) is 6.92 Å². The van der Waals surface area contributed by atoms with Crippen molar-refractivity contribution in [2.75, 3.05) is 13.1 Å². The Hall–Kier alpha value is -1.23. The van der Waals surface area contributed by atoms with Gasteiger partial charge < -0.3 is 5.32 Å². The zero-order chi connectivity index (χ0) is 14.5. The number of nitrogens with one attached hydrogen (secondary N) is 1. The van der Waals surface area contributed by atoms with Crippen molar-refractivity contribution >= 4 is 11.3 Å². The van der Waals surface area contributed by atoms with Crippen LogP contribution in [-0.4, -0.2) is 29.0 Å². The molecule has 1 aliphatic heterocycles. The van der Waals surface area contributed by atoms with Crippen LogP contribution in [0.2, 0.25) is 0 Å². The standard InChI is InChI=1S/C17H23N3S/c1-14-13-21-17(19-14)10-18-16-8-5-9-20(12-16)11-15-6-3-2-4-7-15/h2-4,6-7,13,16,18H,5,8-12H2,1H3. The first-order valence-corrected chi connectivity index (χ1v) is 8.58. The van der Waals surface area contributed by atoms with Crippen LogP contribution >= 0.6 is 11.3 Å². The Balaban J connectivity index is 1.49. The number of piperidine rings is 1. The summed E-state index contributed by atoms with van der Waals surface area (Å²) in [7, 11) is 0. The fourth-order valence-corrected chi connectivity index (χ4v) is 3.65. The molecule has 1 fully saturated rings. The number of aryl methyl sites for hydroxylation is 1. The van der Waals surface area contributed by atoms with E-state index in [0.717, 1.165) is 25.3 Å². The van der Waals surface area contributed by atoms with Crippen LogP contribution in [0.15, 0.2) is 35.7 Å². The molecule has 0 amide bonds. The van der Waals surface area contributed by atoms with E-state index in [1.165, 1.54) is 30.0 Å². The maximum absolute atomic E-state index is 4.52. The number of likely N-dealkylation sites (tertiary alicyclic amines) is 1. The molecule has 0 bridgehead atoms. The monoisotopic (exact) mass is 301 g/mol. The predicted molar refractivity (Wildman–Crippen MR) is 88.4 cm³/mol. The highest BCUT2D eigenvalue weighted by atomic mass is 32.1. The molecule has 2 aromatic rings. The van der Waals surface area contributed by atoms with Gasteiger partial charge in [0, 0.05) is 36.8 Å². The van der Waals surface area contributed by atoms with Gasteiger partial charge in [-0.1, -0.05) is 30.3 Å². The van der Waals surface area contributed by atoms with E-state index in [4.69, 9.17) is 0 Å². The number of aromatic nitrogens is 1. The molecular formula is C17H23N3S. The molecule has 3 nitrogen and oxygen atoms in total. The summed E-state index contributed by atoms with van der Waals surface area (Å²) in [5.41, 5.74) is 2.54. The number of thiazole rings is 1. The Labute approximate surface area is 131 Å². The van der Waals surface area contributed by atoms with Gasteiger partial charge in [-0.2, -0.15) is 0 Å². The van der Waals surface area contributed by atoms with E-state index in [1.54, 1.807) is 11.3 Å². The minimum absolute atomic E-state index is 0.590. The van der Waals surface area contributed by atoms with E-state index in [0.29, 0.717) is 6.04 Å². The van der Waals surface area contributed by atoms with E-state index < -0.39 is 0 Å².